The lowest BCUT2D eigenvalue weighted by Gasteiger charge is -2.00. The van der Waals surface area contributed by atoms with Crippen molar-refractivity contribution >= 4 is 11.0 Å². The molecule has 2 aromatic heterocycles. The number of hydrogen-bond donors (Lipinski definition) is 0. The molecule has 0 aliphatic carbocycles. The predicted molar refractivity (Wildman–Crippen MR) is 59.5 cm³/mol. The van der Waals surface area contributed by atoms with E-state index in [2.05, 4.69) is 42.6 Å². The van der Waals surface area contributed by atoms with Crippen LogP contribution in [0.4, 0.5) is 0 Å². The van der Waals surface area contributed by atoms with Crippen molar-refractivity contribution in [2.24, 2.45) is 0 Å². The van der Waals surface area contributed by atoms with Crippen LogP contribution in [0.5, 0.6) is 0 Å². The van der Waals surface area contributed by atoms with Crippen molar-refractivity contribution in [2.45, 2.75) is 33.2 Å². The monoisotopic (exact) mass is 188 g/mol. The second kappa shape index (κ2) is 3.45. The van der Waals surface area contributed by atoms with Gasteiger partial charge in [0.1, 0.15) is 5.65 Å². The summed E-state index contributed by atoms with van der Waals surface area (Å²) in [7, 11) is 0. The van der Waals surface area contributed by atoms with E-state index in [9.17, 15) is 0 Å². The van der Waals surface area contributed by atoms with Gasteiger partial charge in [0.05, 0.1) is 0 Å². The van der Waals surface area contributed by atoms with Crippen LogP contribution < -0.4 is 0 Å². The minimum atomic E-state index is 0.564. The first-order chi connectivity index (χ1) is 6.74. The molecule has 0 N–H and O–H groups in total. The molecule has 0 amide bonds. The Morgan fingerprint density at radius 2 is 2.21 bits per heavy atom. The summed E-state index contributed by atoms with van der Waals surface area (Å²) in [5.74, 6) is 0.564. The molecule has 74 valence electrons. The third-order valence-electron chi connectivity index (χ3n) is 2.63. The quantitative estimate of drug-likeness (QED) is 0.707. The van der Waals surface area contributed by atoms with Crippen LogP contribution in [0.25, 0.3) is 11.0 Å². The van der Waals surface area contributed by atoms with Gasteiger partial charge < -0.3 is 4.57 Å². The molecule has 0 spiro atoms. The summed E-state index contributed by atoms with van der Waals surface area (Å²) >= 11 is 0. The highest BCUT2D eigenvalue weighted by molar-refractivity contribution is 5.80. The van der Waals surface area contributed by atoms with E-state index in [-0.39, 0.29) is 0 Å². The molecule has 0 saturated heterocycles. The van der Waals surface area contributed by atoms with Crippen molar-refractivity contribution in [2.75, 3.05) is 0 Å². The van der Waals surface area contributed by atoms with Crippen LogP contribution in [0, 0.1) is 0 Å². The molecule has 0 saturated carbocycles. The number of aromatic nitrogens is 2. The van der Waals surface area contributed by atoms with Crippen molar-refractivity contribution in [3.8, 4) is 0 Å². The highest BCUT2D eigenvalue weighted by Crippen LogP contribution is 2.25. The molecule has 2 aromatic rings. The maximum Gasteiger partial charge on any atom is 0.140 e. The molecule has 0 aromatic carbocycles. The van der Waals surface area contributed by atoms with Gasteiger partial charge in [-0.25, -0.2) is 4.98 Å². The fraction of sp³-hybridized carbons (Fsp3) is 0.417. The van der Waals surface area contributed by atoms with Gasteiger partial charge in [-0.2, -0.15) is 0 Å². The largest absolute Gasteiger partial charge is 0.333 e. The first-order valence-electron chi connectivity index (χ1n) is 5.17. The van der Waals surface area contributed by atoms with Crippen molar-refractivity contribution < 1.29 is 0 Å². The van der Waals surface area contributed by atoms with E-state index >= 15 is 0 Å². The van der Waals surface area contributed by atoms with Gasteiger partial charge in [-0.15, -0.1) is 0 Å². The van der Waals surface area contributed by atoms with Gasteiger partial charge in [0.25, 0.3) is 0 Å². The third-order valence-corrected chi connectivity index (χ3v) is 2.63. The fourth-order valence-electron chi connectivity index (χ4n) is 1.85. The Hall–Kier alpha value is -1.31. The molecule has 2 nitrogen and oxygen atoms in total. The molecule has 2 heteroatoms. The normalized spacial score (nSPS) is 11.4. The summed E-state index contributed by atoms with van der Waals surface area (Å²) in [5, 5.41) is 1.30. The van der Waals surface area contributed by atoms with E-state index in [0.29, 0.717) is 5.92 Å². The maximum atomic E-state index is 4.42. The predicted octanol–water partition coefficient (Wildman–Crippen LogP) is 3.18. The SMILES string of the molecule is CCn1cc(C(C)C)c2cccnc21. The maximum absolute atomic E-state index is 4.42. The van der Waals surface area contributed by atoms with Crippen LogP contribution in [-0.4, -0.2) is 9.55 Å². The number of pyridine rings is 1. The zero-order valence-corrected chi connectivity index (χ0v) is 8.99. The summed E-state index contributed by atoms with van der Waals surface area (Å²) < 4.78 is 2.21. The van der Waals surface area contributed by atoms with Crippen molar-refractivity contribution in [1.29, 1.82) is 0 Å². The Labute approximate surface area is 84.6 Å². The van der Waals surface area contributed by atoms with Gasteiger partial charge in [0.2, 0.25) is 0 Å². The Bertz CT molecular complexity index is 441. The van der Waals surface area contributed by atoms with Gasteiger partial charge in [-0.3, -0.25) is 0 Å². The third kappa shape index (κ3) is 1.31. The number of aryl methyl sites for hydroxylation is 1. The summed E-state index contributed by atoms with van der Waals surface area (Å²) in [6, 6.07) is 4.16. The topological polar surface area (TPSA) is 17.8 Å². The summed E-state index contributed by atoms with van der Waals surface area (Å²) in [6.07, 6.45) is 4.08. The number of rotatable bonds is 2. The highest BCUT2D eigenvalue weighted by atomic mass is 15.0. The molecule has 2 rings (SSSR count). The van der Waals surface area contributed by atoms with E-state index in [0.717, 1.165) is 12.2 Å². The van der Waals surface area contributed by atoms with Gasteiger partial charge in [-0.1, -0.05) is 13.8 Å². The molecule has 0 bridgehead atoms. The van der Waals surface area contributed by atoms with Crippen molar-refractivity contribution in [1.82, 2.24) is 9.55 Å². The summed E-state index contributed by atoms with van der Waals surface area (Å²) in [4.78, 5) is 4.42. The Kier molecular flexibility index (Phi) is 2.28. The number of hydrogen-bond acceptors (Lipinski definition) is 1. The van der Waals surface area contributed by atoms with Crippen LogP contribution in [0.3, 0.4) is 0 Å². The molecule has 0 aliphatic heterocycles. The van der Waals surface area contributed by atoms with E-state index in [1.165, 1.54) is 10.9 Å². The lowest BCUT2D eigenvalue weighted by atomic mass is 10.0. The number of fused-ring (bicyclic) bond motifs is 1. The fourth-order valence-corrected chi connectivity index (χ4v) is 1.85. The Balaban J connectivity index is 2.73. The first-order valence-corrected chi connectivity index (χ1v) is 5.17. The van der Waals surface area contributed by atoms with E-state index < -0.39 is 0 Å². The molecule has 0 unspecified atom stereocenters. The summed E-state index contributed by atoms with van der Waals surface area (Å²) in [5.41, 5.74) is 2.51. The second-order valence-corrected chi connectivity index (χ2v) is 3.90. The van der Waals surface area contributed by atoms with Gasteiger partial charge in [0.15, 0.2) is 0 Å². The van der Waals surface area contributed by atoms with Crippen molar-refractivity contribution in [3.63, 3.8) is 0 Å². The van der Waals surface area contributed by atoms with Gasteiger partial charge in [0, 0.05) is 24.3 Å². The lowest BCUT2D eigenvalue weighted by Crippen LogP contribution is -1.92. The minimum Gasteiger partial charge on any atom is -0.333 e. The van der Waals surface area contributed by atoms with E-state index in [1.807, 2.05) is 12.3 Å². The molecule has 2 heterocycles. The highest BCUT2D eigenvalue weighted by Gasteiger charge is 2.10. The lowest BCUT2D eigenvalue weighted by molar-refractivity contribution is 0.773. The minimum absolute atomic E-state index is 0.564. The molecule has 0 radical (unpaired) electrons. The second-order valence-electron chi connectivity index (χ2n) is 3.90. The average molecular weight is 188 g/mol. The van der Waals surface area contributed by atoms with E-state index in [1.54, 1.807) is 0 Å². The molecule has 0 fully saturated rings. The first kappa shape index (κ1) is 9.25. The Morgan fingerprint density at radius 1 is 1.43 bits per heavy atom. The molecular formula is C12H16N2. The zero-order valence-electron chi connectivity index (χ0n) is 8.99. The van der Waals surface area contributed by atoms with Crippen LogP contribution in [-0.2, 0) is 6.54 Å². The standard InChI is InChI=1S/C12H16N2/c1-4-14-8-11(9(2)3)10-6-5-7-13-12(10)14/h5-9H,4H2,1-3H3. The average Bonchev–Trinajstić information content (AvgIpc) is 2.56. The zero-order chi connectivity index (χ0) is 10.1. The molecule has 14 heavy (non-hydrogen) atoms. The van der Waals surface area contributed by atoms with Crippen LogP contribution in [0.2, 0.25) is 0 Å². The summed E-state index contributed by atoms with van der Waals surface area (Å²) in [6.45, 7) is 7.59. The van der Waals surface area contributed by atoms with Gasteiger partial charge >= 0.3 is 0 Å². The van der Waals surface area contributed by atoms with Gasteiger partial charge in [-0.05, 0) is 30.5 Å². The molecule has 0 atom stereocenters. The molecular weight excluding hydrogens is 172 g/mol. The Morgan fingerprint density at radius 3 is 2.86 bits per heavy atom. The van der Waals surface area contributed by atoms with Crippen LogP contribution in [0.15, 0.2) is 24.5 Å². The van der Waals surface area contributed by atoms with Crippen LogP contribution in [0.1, 0.15) is 32.3 Å². The van der Waals surface area contributed by atoms with Crippen molar-refractivity contribution in [3.05, 3.63) is 30.1 Å². The van der Waals surface area contributed by atoms with Crippen LogP contribution >= 0.6 is 0 Å². The molecule has 0 aliphatic rings. The van der Waals surface area contributed by atoms with E-state index in [4.69, 9.17) is 0 Å². The smallest absolute Gasteiger partial charge is 0.140 e. The number of nitrogens with zero attached hydrogens (tertiary/aromatic N) is 2.